The molecule has 36 heavy (non-hydrogen) atoms. The van der Waals surface area contributed by atoms with Crippen LogP contribution in [0, 0.1) is 0 Å². The molecular weight excluding hydrogens is 503 g/mol. The minimum absolute atomic E-state index is 0.270. The summed E-state index contributed by atoms with van der Waals surface area (Å²) < 4.78 is 42.5. The molecule has 8 nitrogen and oxygen atoms in total. The molecule has 1 unspecified atom stereocenters. The van der Waals surface area contributed by atoms with Crippen molar-refractivity contribution >= 4 is 34.8 Å². The second-order valence-electron chi connectivity index (χ2n) is 8.75. The molecule has 0 spiro atoms. The lowest BCUT2D eigenvalue weighted by atomic mass is 10.1. The fourth-order valence-corrected chi connectivity index (χ4v) is 5.04. The Balaban J connectivity index is 1.19. The Kier molecular flexibility index (Phi) is 6.33. The molecule has 2 aliphatic rings. The highest BCUT2D eigenvalue weighted by atomic mass is 35.5. The number of hydrogen-bond donors (Lipinski definition) is 0. The number of nitrogens with zero attached hydrogens (tertiary/aromatic N) is 4. The van der Waals surface area contributed by atoms with E-state index in [1.165, 1.54) is 4.90 Å². The Labute approximate surface area is 224 Å². The fraction of sp³-hybridized carbons (Fsp3) is 0.385. The quantitative estimate of drug-likeness (QED) is 0.453. The van der Waals surface area contributed by atoms with Crippen LogP contribution in [0.25, 0.3) is 0 Å². The first-order chi connectivity index (χ1) is 18.6. The number of rotatable bonds is 7. The van der Waals surface area contributed by atoms with Gasteiger partial charge in [0, 0.05) is 65.8 Å². The molecule has 3 heterocycles. The SMILES string of the molecule is [2H]C([2H])([2H])C(=O)N1CCN(c2ccc(OCC3CO[C@](Cn4ccnc4)(c4ccc(Cl)cc4Cl)O3)cc2)CC1. The maximum absolute atomic E-state index is 12.0. The van der Waals surface area contributed by atoms with Crippen LogP contribution in [-0.4, -0.2) is 65.9 Å². The first-order valence-electron chi connectivity index (χ1n) is 13.1. The first-order valence-corrected chi connectivity index (χ1v) is 12.4. The van der Waals surface area contributed by atoms with Gasteiger partial charge in [-0.15, -0.1) is 0 Å². The van der Waals surface area contributed by atoms with Gasteiger partial charge in [0.2, 0.25) is 11.7 Å². The van der Waals surface area contributed by atoms with Crippen LogP contribution in [0.2, 0.25) is 10.0 Å². The molecule has 0 saturated carbocycles. The molecule has 2 fully saturated rings. The number of carbonyl (C=O) groups excluding carboxylic acids is 1. The van der Waals surface area contributed by atoms with Crippen LogP contribution < -0.4 is 9.64 Å². The second kappa shape index (κ2) is 10.7. The van der Waals surface area contributed by atoms with Gasteiger partial charge in [0.1, 0.15) is 18.5 Å². The summed E-state index contributed by atoms with van der Waals surface area (Å²) in [5.74, 6) is -1.24. The van der Waals surface area contributed by atoms with E-state index in [2.05, 4.69) is 9.88 Å². The van der Waals surface area contributed by atoms with Gasteiger partial charge in [-0.1, -0.05) is 29.3 Å². The predicted molar refractivity (Wildman–Crippen MR) is 138 cm³/mol. The van der Waals surface area contributed by atoms with E-state index in [0.717, 1.165) is 5.69 Å². The number of hydrogen-bond acceptors (Lipinski definition) is 6. The van der Waals surface area contributed by atoms with Crippen molar-refractivity contribution in [1.29, 1.82) is 0 Å². The summed E-state index contributed by atoms with van der Waals surface area (Å²) in [6.07, 6.45) is 4.86. The van der Waals surface area contributed by atoms with E-state index in [1.54, 1.807) is 24.7 Å². The van der Waals surface area contributed by atoms with Crippen molar-refractivity contribution < 1.29 is 23.1 Å². The van der Waals surface area contributed by atoms with Gasteiger partial charge < -0.3 is 28.6 Å². The van der Waals surface area contributed by atoms with Crippen molar-refractivity contribution in [2.45, 2.75) is 25.3 Å². The Bertz CT molecular complexity index is 1290. The van der Waals surface area contributed by atoms with Gasteiger partial charge in [0.05, 0.1) is 24.5 Å². The van der Waals surface area contributed by atoms with Crippen molar-refractivity contribution in [3.05, 3.63) is 76.8 Å². The summed E-state index contributed by atoms with van der Waals surface area (Å²) in [6, 6.07) is 12.9. The Morgan fingerprint density at radius 3 is 2.69 bits per heavy atom. The molecular formula is C26H28Cl2N4O4. The van der Waals surface area contributed by atoms with Gasteiger partial charge in [-0.2, -0.15) is 0 Å². The Morgan fingerprint density at radius 1 is 1.19 bits per heavy atom. The summed E-state index contributed by atoms with van der Waals surface area (Å²) >= 11 is 12.6. The van der Waals surface area contributed by atoms with Gasteiger partial charge >= 0.3 is 0 Å². The number of halogens is 2. The van der Waals surface area contributed by atoms with Crippen LogP contribution in [0.4, 0.5) is 5.69 Å². The average molecular weight is 534 g/mol. The molecule has 2 aliphatic heterocycles. The Hall–Kier alpha value is -2.78. The van der Waals surface area contributed by atoms with Crippen molar-refractivity contribution in [3.8, 4) is 5.75 Å². The van der Waals surface area contributed by atoms with E-state index in [4.69, 9.17) is 41.5 Å². The van der Waals surface area contributed by atoms with Gasteiger partial charge in [-0.05, 0) is 36.4 Å². The van der Waals surface area contributed by atoms with E-state index >= 15 is 0 Å². The molecule has 0 aliphatic carbocycles. The second-order valence-corrected chi connectivity index (χ2v) is 9.59. The molecule has 190 valence electrons. The minimum atomic E-state index is -2.60. The van der Waals surface area contributed by atoms with Crippen LogP contribution >= 0.6 is 23.2 Å². The summed E-state index contributed by atoms with van der Waals surface area (Å²) in [5, 5.41) is 0.970. The molecule has 5 rings (SSSR count). The molecule has 0 N–H and O–H groups in total. The smallest absolute Gasteiger partial charge is 0.219 e. The number of carbonyl (C=O) groups is 1. The van der Waals surface area contributed by atoms with Crippen LogP contribution in [0.1, 0.15) is 16.5 Å². The molecule has 2 atom stereocenters. The first kappa shape index (κ1) is 21.3. The van der Waals surface area contributed by atoms with E-state index in [9.17, 15) is 4.79 Å². The van der Waals surface area contributed by atoms with E-state index < -0.39 is 18.5 Å². The fourth-order valence-electron chi connectivity index (χ4n) is 4.49. The molecule has 1 aromatic heterocycles. The van der Waals surface area contributed by atoms with E-state index in [-0.39, 0.29) is 12.7 Å². The number of amides is 1. The molecule has 2 aromatic carbocycles. The maximum Gasteiger partial charge on any atom is 0.219 e. The molecule has 0 bridgehead atoms. The molecule has 1 amide bonds. The monoisotopic (exact) mass is 533 g/mol. The standard InChI is InChI=1S/C26H28Cl2N4O4/c1-19(33)31-10-12-32(13-11-31)21-3-5-22(6-4-21)34-15-23-16-35-26(36-23,17-30-9-8-29-18-30)24-7-2-20(27)14-25(24)28/h2-9,14,18,23H,10-13,15-17H2,1H3/t23?,26-/m0/s1/i1D3. The number of ether oxygens (including phenoxy) is 3. The normalized spacial score (nSPS) is 23.7. The van der Waals surface area contributed by atoms with Crippen molar-refractivity contribution in [1.82, 2.24) is 14.5 Å². The van der Waals surface area contributed by atoms with Crippen LogP contribution in [0.15, 0.2) is 61.2 Å². The van der Waals surface area contributed by atoms with E-state index in [1.807, 2.05) is 41.1 Å². The lowest BCUT2D eigenvalue weighted by Crippen LogP contribution is -2.48. The van der Waals surface area contributed by atoms with Crippen molar-refractivity contribution in [2.75, 3.05) is 44.3 Å². The topological polar surface area (TPSA) is 69.1 Å². The largest absolute Gasteiger partial charge is 0.491 e. The lowest BCUT2D eigenvalue weighted by Gasteiger charge is -2.35. The number of anilines is 1. The van der Waals surface area contributed by atoms with Gasteiger partial charge in [0.15, 0.2) is 0 Å². The van der Waals surface area contributed by atoms with Crippen LogP contribution in [0.5, 0.6) is 5.75 Å². The lowest BCUT2D eigenvalue weighted by molar-refractivity contribution is -0.189. The number of imidazole rings is 1. The zero-order valence-corrected chi connectivity index (χ0v) is 21.0. The number of benzene rings is 2. The summed E-state index contributed by atoms with van der Waals surface area (Å²) in [7, 11) is 0. The highest BCUT2D eigenvalue weighted by Gasteiger charge is 2.45. The average Bonchev–Trinajstić information content (AvgIpc) is 3.57. The maximum atomic E-state index is 12.0. The zero-order chi connectivity index (χ0) is 27.6. The van der Waals surface area contributed by atoms with Crippen LogP contribution in [-0.2, 0) is 26.6 Å². The van der Waals surface area contributed by atoms with Crippen LogP contribution in [0.3, 0.4) is 0 Å². The summed E-state index contributed by atoms with van der Waals surface area (Å²) in [6.45, 7) is 0.181. The predicted octanol–water partition coefficient (Wildman–Crippen LogP) is 4.21. The highest BCUT2D eigenvalue weighted by Crippen LogP contribution is 2.40. The molecule has 2 saturated heterocycles. The third-order valence-corrected chi connectivity index (χ3v) is 6.90. The van der Waals surface area contributed by atoms with Crippen molar-refractivity contribution in [2.24, 2.45) is 0 Å². The third-order valence-electron chi connectivity index (χ3n) is 6.36. The van der Waals surface area contributed by atoms with E-state index in [0.29, 0.717) is 60.7 Å². The minimum Gasteiger partial charge on any atom is -0.491 e. The number of aromatic nitrogens is 2. The van der Waals surface area contributed by atoms with Gasteiger partial charge in [-0.25, -0.2) is 4.98 Å². The molecule has 3 aromatic rings. The third kappa shape index (κ3) is 5.47. The Morgan fingerprint density at radius 2 is 2.00 bits per heavy atom. The number of piperazine rings is 1. The highest BCUT2D eigenvalue weighted by molar-refractivity contribution is 6.35. The molecule has 10 heteroatoms. The zero-order valence-electron chi connectivity index (χ0n) is 22.5. The summed E-state index contributed by atoms with van der Waals surface area (Å²) in [4.78, 5) is 19.6. The van der Waals surface area contributed by atoms with Gasteiger partial charge in [-0.3, -0.25) is 4.79 Å². The molecule has 0 radical (unpaired) electrons. The summed E-state index contributed by atoms with van der Waals surface area (Å²) in [5.41, 5.74) is 1.65. The van der Waals surface area contributed by atoms with Gasteiger partial charge in [0.25, 0.3) is 0 Å². The van der Waals surface area contributed by atoms with Crippen molar-refractivity contribution in [3.63, 3.8) is 0 Å².